The summed E-state index contributed by atoms with van der Waals surface area (Å²) in [7, 11) is 1.65. The number of nitrogens with one attached hydrogen (secondary N) is 1. The molecule has 10 heavy (non-hydrogen) atoms. The lowest BCUT2D eigenvalue weighted by molar-refractivity contribution is -0.116. The maximum absolute atomic E-state index is 10.9. The molecule has 0 spiro atoms. The van der Waals surface area contributed by atoms with Gasteiger partial charge in [0.2, 0.25) is 0 Å². The van der Waals surface area contributed by atoms with Gasteiger partial charge in [-0.15, -0.1) is 0 Å². The lowest BCUT2D eigenvalue weighted by Gasteiger charge is -1.99. The zero-order chi connectivity index (χ0) is 7.40. The van der Waals surface area contributed by atoms with Crippen molar-refractivity contribution >= 4 is 30.6 Å². The zero-order valence-electron chi connectivity index (χ0n) is 5.60. The molecule has 0 aromatic rings. The fourth-order valence-corrected chi connectivity index (χ4v) is 2.12. The fraction of sp³-hybridized carbons (Fsp3) is 0.143. The molecule has 0 saturated heterocycles. The first-order valence-electron chi connectivity index (χ1n) is 2.88. The van der Waals surface area contributed by atoms with Crippen molar-refractivity contribution in [2.24, 2.45) is 0 Å². The third-order valence-electron chi connectivity index (χ3n) is 1.09. The monoisotopic (exact) mass is 249 g/mol. The van der Waals surface area contributed by atoms with Crippen molar-refractivity contribution in [1.82, 2.24) is 5.32 Å². The Hall–Kier alpha value is -0.450. The van der Waals surface area contributed by atoms with Crippen LogP contribution in [0.5, 0.6) is 0 Å². The summed E-state index contributed by atoms with van der Waals surface area (Å²) in [6, 6.07) is 0. The van der Waals surface area contributed by atoms with Crippen LogP contribution in [0.3, 0.4) is 0 Å². The molecule has 54 valence electrons. The summed E-state index contributed by atoms with van der Waals surface area (Å²) in [5.74, 6) is 0.0176. The van der Waals surface area contributed by atoms with Gasteiger partial charge in [-0.3, -0.25) is 4.79 Å². The number of amides is 1. The van der Waals surface area contributed by atoms with E-state index in [1.165, 1.54) is 0 Å². The third-order valence-corrected chi connectivity index (χ3v) is 2.95. The van der Waals surface area contributed by atoms with Gasteiger partial charge in [0.25, 0.3) is 5.91 Å². The van der Waals surface area contributed by atoms with Gasteiger partial charge in [0.1, 0.15) is 0 Å². The molecular formula is C7H8INO. The second kappa shape index (κ2) is 3.65. The highest BCUT2D eigenvalue weighted by molar-refractivity contribution is 14.2. The van der Waals surface area contributed by atoms with Crippen molar-refractivity contribution < 1.29 is 4.79 Å². The molecule has 0 atom stereocenters. The van der Waals surface area contributed by atoms with E-state index in [2.05, 4.69) is 9.33 Å². The topological polar surface area (TPSA) is 29.1 Å². The standard InChI is InChI=1S/C7H8INO/c1-9-7(10)6-3-2-4-8-5-6/h2-5H,1H3,(H,9,10). The van der Waals surface area contributed by atoms with Crippen molar-refractivity contribution in [3.05, 3.63) is 21.8 Å². The van der Waals surface area contributed by atoms with Crippen LogP contribution in [-0.2, 0) is 4.79 Å². The van der Waals surface area contributed by atoms with E-state index in [1.54, 1.807) is 7.05 Å². The Balaban J connectivity index is 2.74. The molecule has 1 aliphatic heterocycles. The van der Waals surface area contributed by atoms with Crippen LogP contribution in [-0.4, -0.2) is 17.0 Å². The molecule has 0 unspecified atom stereocenters. The largest absolute Gasteiger partial charge is 0.355 e. The van der Waals surface area contributed by atoms with Gasteiger partial charge in [0.05, 0.1) is 0 Å². The van der Waals surface area contributed by atoms with Gasteiger partial charge in [0, 0.05) is 12.6 Å². The van der Waals surface area contributed by atoms with Crippen LogP contribution >= 0.6 is 20.7 Å². The highest BCUT2D eigenvalue weighted by Gasteiger charge is 2.02. The fourth-order valence-electron chi connectivity index (χ4n) is 0.592. The Morgan fingerprint density at radius 3 is 3.00 bits per heavy atom. The Morgan fingerprint density at radius 2 is 2.50 bits per heavy atom. The molecule has 1 amide bonds. The predicted octanol–water partition coefficient (Wildman–Crippen LogP) is 0.959. The van der Waals surface area contributed by atoms with E-state index in [4.69, 9.17) is 0 Å². The van der Waals surface area contributed by atoms with Crippen molar-refractivity contribution in [1.29, 1.82) is 0 Å². The number of carbonyl (C=O) groups is 1. The minimum Gasteiger partial charge on any atom is -0.355 e. The maximum atomic E-state index is 10.9. The number of likely N-dealkylation sites (N-methyl/N-ethyl adjacent to an activating group) is 1. The van der Waals surface area contributed by atoms with Crippen LogP contribution in [0, 0.1) is 0 Å². The minimum atomic E-state index is 0.000170. The first-order chi connectivity index (χ1) is 4.84. The Bertz CT molecular complexity index is 228. The first-order valence-corrected chi connectivity index (χ1v) is 5.38. The molecule has 1 heterocycles. The van der Waals surface area contributed by atoms with Gasteiger partial charge in [0.15, 0.2) is 0 Å². The average molecular weight is 249 g/mol. The van der Waals surface area contributed by atoms with E-state index >= 15 is 0 Å². The zero-order valence-corrected chi connectivity index (χ0v) is 7.75. The van der Waals surface area contributed by atoms with Crippen molar-refractivity contribution in [3.8, 4) is 0 Å². The number of rotatable bonds is 1. The van der Waals surface area contributed by atoms with Crippen LogP contribution in [0.2, 0.25) is 0 Å². The van der Waals surface area contributed by atoms with Crippen molar-refractivity contribution in [2.45, 2.75) is 0 Å². The van der Waals surface area contributed by atoms with Crippen LogP contribution in [0.25, 0.3) is 0 Å². The number of hydrogen-bond donors (Lipinski definition) is 1. The summed E-state index contributed by atoms with van der Waals surface area (Å²) in [5, 5.41) is 2.58. The van der Waals surface area contributed by atoms with Gasteiger partial charge < -0.3 is 5.32 Å². The summed E-state index contributed by atoms with van der Waals surface area (Å²) in [5.41, 5.74) is 0.804. The summed E-state index contributed by atoms with van der Waals surface area (Å²) in [6.45, 7) is 0. The van der Waals surface area contributed by atoms with Gasteiger partial charge in [-0.05, 0) is 14.2 Å². The molecule has 2 nitrogen and oxygen atoms in total. The molecular weight excluding hydrogens is 241 g/mol. The maximum Gasteiger partial charge on any atom is 0.251 e. The second-order valence-electron chi connectivity index (χ2n) is 1.75. The van der Waals surface area contributed by atoms with E-state index < -0.39 is 0 Å². The summed E-state index contributed by atoms with van der Waals surface area (Å²) in [4.78, 5) is 10.9. The molecule has 3 heteroatoms. The highest BCUT2D eigenvalue weighted by Crippen LogP contribution is 2.10. The predicted molar refractivity (Wildman–Crippen MR) is 51.4 cm³/mol. The molecule has 0 saturated carbocycles. The third kappa shape index (κ3) is 1.76. The molecule has 0 aromatic heterocycles. The number of carbonyl (C=O) groups excluding carboxylic acids is 1. The Morgan fingerprint density at radius 1 is 1.70 bits per heavy atom. The van der Waals surface area contributed by atoms with Crippen LogP contribution in [0.4, 0.5) is 0 Å². The normalized spacial score (nSPS) is 15.5. The average Bonchev–Trinajstić information content (AvgIpc) is 2.05. The highest BCUT2D eigenvalue weighted by atomic mass is 127. The lowest BCUT2D eigenvalue weighted by Crippen LogP contribution is -2.18. The molecule has 0 fully saturated rings. The molecule has 1 N–H and O–H groups in total. The smallest absolute Gasteiger partial charge is 0.251 e. The van der Waals surface area contributed by atoms with Crippen molar-refractivity contribution in [3.63, 3.8) is 0 Å². The van der Waals surface area contributed by atoms with Gasteiger partial charge >= 0.3 is 0 Å². The molecule has 0 aromatic carbocycles. The van der Waals surface area contributed by atoms with Gasteiger partial charge in [-0.2, -0.15) is 0 Å². The van der Waals surface area contributed by atoms with Crippen LogP contribution < -0.4 is 5.32 Å². The quantitative estimate of drug-likeness (QED) is 0.689. The lowest BCUT2D eigenvalue weighted by atomic mass is 10.2. The minimum absolute atomic E-state index is 0.000170. The van der Waals surface area contributed by atoms with Crippen LogP contribution in [0.15, 0.2) is 21.8 Å². The molecule has 0 bridgehead atoms. The Labute approximate surface area is 69.8 Å². The molecule has 1 aliphatic rings. The van der Waals surface area contributed by atoms with Crippen molar-refractivity contribution in [2.75, 3.05) is 7.05 Å². The van der Waals surface area contributed by atoms with E-state index in [0.717, 1.165) is 5.57 Å². The number of halogens is 1. The Kier molecular flexibility index (Phi) is 2.80. The number of allylic oxidation sites excluding steroid dienone is 1. The van der Waals surface area contributed by atoms with Gasteiger partial charge in [-0.25, -0.2) is 0 Å². The van der Waals surface area contributed by atoms with E-state index in [1.807, 2.05) is 16.2 Å². The number of hydrogen-bond acceptors (Lipinski definition) is 1. The van der Waals surface area contributed by atoms with Gasteiger partial charge in [-0.1, -0.05) is 26.8 Å². The van der Waals surface area contributed by atoms with E-state index in [-0.39, 0.29) is 26.6 Å². The summed E-state index contributed by atoms with van der Waals surface area (Å²) < 4.78 is 4.13. The van der Waals surface area contributed by atoms with Crippen LogP contribution in [0.1, 0.15) is 0 Å². The summed E-state index contributed by atoms with van der Waals surface area (Å²) >= 11 is 0.000170. The molecule has 0 aliphatic carbocycles. The van der Waals surface area contributed by atoms with E-state index in [0.29, 0.717) is 0 Å². The summed E-state index contributed by atoms with van der Waals surface area (Å²) in [6.07, 6.45) is 3.78. The molecule has 0 radical (unpaired) electrons. The first kappa shape index (κ1) is 7.65. The SMILES string of the molecule is CNC(=O)C1=CI=CC=C1. The van der Waals surface area contributed by atoms with E-state index in [9.17, 15) is 4.79 Å². The second-order valence-corrected chi connectivity index (χ2v) is 3.82. The molecule has 1 rings (SSSR count).